The van der Waals surface area contributed by atoms with Gasteiger partial charge in [-0.1, -0.05) is 49.3 Å². The summed E-state index contributed by atoms with van der Waals surface area (Å²) in [7, 11) is 3.52. The van der Waals surface area contributed by atoms with E-state index in [0.717, 1.165) is 23.4 Å². The van der Waals surface area contributed by atoms with E-state index in [0.29, 0.717) is 24.7 Å². The minimum atomic E-state index is -0.152. The van der Waals surface area contributed by atoms with E-state index in [1.807, 2.05) is 45.0 Å². The molecule has 1 aromatic carbocycles. The standard InChI is InChI=1S/C23H36N2O3S2/c1-16(2)21(26)9-8-14-28-20-12-10-19(11-13-20)18(5)24-25-22(27)15-23(6,7)30-29-17(3)4/h10-13,16-17H,8-9,14-15H2,1-7H3,(H,25,27)/b24-18+. The van der Waals surface area contributed by atoms with Crippen LogP contribution in [0.4, 0.5) is 0 Å². The van der Waals surface area contributed by atoms with Crippen LogP contribution < -0.4 is 10.2 Å². The van der Waals surface area contributed by atoms with Crippen LogP contribution in [0.15, 0.2) is 29.4 Å². The van der Waals surface area contributed by atoms with Crippen LogP contribution in [-0.2, 0) is 9.59 Å². The molecule has 7 heteroatoms. The quantitative estimate of drug-likeness (QED) is 0.175. The number of nitrogens with one attached hydrogen (secondary N) is 1. The number of Topliss-reactive ketones (excluding diaryl/α,β-unsaturated/α-hetero) is 1. The van der Waals surface area contributed by atoms with Crippen LogP contribution >= 0.6 is 21.6 Å². The molecule has 0 heterocycles. The molecular weight excluding hydrogens is 416 g/mol. The number of rotatable bonds is 13. The van der Waals surface area contributed by atoms with E-state index < -0.39 is 0 Å². The Morgan fingerprint density at radius 1 is 1.13 bits per heavy atom. The first kappa shape index (κ1) is 26.6. The minimum absolute atomic E-state index is 0.0794. The van der Waals surface area contributed by atoms with Gasteiger partial charge in [-0.2, -0.15) is 5.10 Å². The summed E-state index contributed by atoms with van der Waals surface area (Å²) >= 11 is 0. The van der Waals surface area contributed by atoms with E-state index >= 15 is 0 Å². The molecule has 1 rings (SSSR count). The molecular formula is C23H36N2O3S2. The molecule has 1 amide bonds. The highest BCUT2D eigenvalue weighted by atomic mass is 33.1. The summed E-state index contributed by atoms with van der Waals surface area (Å²) in [6, 6.07) is 7.59. The topological polar surface area (TPSA) is 67.8 Å². The Bertz CT molecular complexity index is 714. The largest absolute Gasteiger partial charge is 0.494 e. The van der Waals surface area contributed by atoms with Crippen molar-refractivity contribution in [3.63, 3.8) is 0 Å². The van der Waals surface area contributed by atoms with Crippen molar-refractivity contribution in [1.82, 2.24) is 5.43 Å². The Hall–Kier alpha value is -1.47. The lowest BCUT2D eigenvalue weighted by Gasteiger charge is -2.22. The second-order valence-electron chi connectivity index (χ2n) is 8.49. The predicted molar refractivity (Wildman–Crippen MR) is 130 cm³/mol. The van der Waals surface area contributed by atoms with Crippen LogP contribution in [0.3, 0.4) is 0 Å². The highest BCUT2D eigenvalue weighted by Gasteiger charge is 2.23. The van der Waals surface area contributed by atoms with Crippen LogP contribution in [0.2, 0.25) is 0 Å². The Labute approximate surface area is 189 Å². The van der Waals surface area contributed by atoms with Gasteiger partial charge in [-0.15, -0.1) is 0 Å². The van der Waals surface area contributed by atoms with Crippen molar-refractivity contribution in [3.8, 4) is 5.75 Å². The van der Waals surface area contributed by atoms with Gasteiger partial charge in [0, 0.05) is 28.8 Å². The van der Waals surface area contributed by atoms with E-state index in [-0.39, 0.29) is 22.4 Å². The van der Waals surface area contributed by atoms with Crippen LogP contribution in [0.1, 0.15) is 73.3 Å². The molecule has 30 heavy (non-hydrogen) atoms. The molecule has 0 spiro atoms. The molecule has 1 N–H and O–H groups in total. The first-order valence-electron chi connectivity index (χ1n) is 10.4. The van der Waals surface area contributed by atoms with E-state index in [9.17, 15) is 9.59 Å². The number of hydrogen-bond donors (Lipinski definition) is 1. The number of carbonyl (C=O) groups is 2. The highest BCUT2D eigenvalue weighted by molar-refractivity contribution is 8.77. The zero-order valence-electron chi connectivity index (χ0n) is 19.3. The molecule has 0 fully saturated rings. The van der Waals surface area contributed by atoms with Crippen molar-refractivity contribution in [2.75, 3.05) is 6.61 Å². The fraction of sp³-hybridized carbons (Fsp3) is 0.609. The maximum atomic E-state index is 12.2. The molecule has 0 atom stereocenters. The van der Waals surface area contributed by atoms with E-state index in [4.69, 9.17) is 4.74 Å². The first-order valence-corrected chi connectivity index (χ1v) is 12.6. The third-order valence-electron chi connectivity index (χ3n) is 4.15. The van der Waals surface area contributed by atoms with Crippen LogP contribution in [-0.4, -0.2) is 34.0 Å². The third kappa shape index (κ3) is 11.1. The molecule has 168 valence electrons. The summed E-state index contributed by atoms with van der Waals surface area (Å²) in [4.78, 5) is 23.9. The van der Waals surface area contributed by atoms with Crippen LogP contribution in [0, 0.1) is 5.92 Å². The monoisotopic (exact) mass is 452 g/mol. The smallest absolute Gasteiger partial charge is 0.241 e. The average Bonchev–Trinajstić information content (AvgIpc) is 2.67. The normalized spacial score (nSPS) is 12.4. The molecule has 1 aromatic rings. The molecule has 0 aromatic heterocycles. The number of amides is 1. The summed E-state index contributed by atoms with van der Waals surface area (Å²) in [6.07, 6.45) is 1.67. The van der Waals surface area contributed by atoms with Gasteiger partial charge in [0.15, 0.2) is 0 Å². The van der Waals surface area contributed by atoms with Crippen molar-refractivity contribution in [2.24, 2.45) is 11.0 Å². The lowest BCUT2D eigenvalue weighted by molar-refractivity contribution is -0.122. The number of ketones is 1. The number of ether oxygens (including phenoxy) is 1. The van der Waals surface area contributed by atoms with Crippen molar-refractivity contribution < 1.29 is 14.3 Å². The van der Waals surface area contributed by atoms with Gasteiger partial charge in [0.1, 0.15) is 11.5 Å². The van der Waals surface area contributed by atoms with Crippen molar-refractivity contribution in [3.05, 3.63) is 29.8 Å². The Kier molecular flexibility index (Phi) is 11.6. The minimum Gasteiger partial charge on any atom is -0.494 e. The lowest BCUT2D eigenvalue weighted by Crippen LogP contribution is -2.27. The molecule has 0 bridgehead atoms. The second-order valence-corrected chi connectivity index (χ2v) is 12.0. The van der Waals surface area contributed by atoms with Gasteiger partial charge in [0.2, 0.25) is 5.91 Å². The van der Waals surface area contributed by atoms with Crippen molar-refractivity contribution in [1.29, 1.82) is 0 Å². The molecule has 0 radical (unpaired) electrons. The lowest BCUT2D eigenvalue weighted by atomic mass is 10.1. The van der Waals surface area contributed by atoms with E-state index in [1.54, 1.807) is 21.6 Å². The van der Waals surface area contributed by atoms with Gasteiger partial charge in [0.05, 0.1) is 12.3 Å². The Balaban J connectivity index is 2.47. The van der Waals surface area contributed by atoms with Gasteiger partial charge in [-0.05, 0) is 57.0 Å². The summed E-state index contributed by atoms with van der Waals surface area (Å²) in [6.45, 7) is 14.6. The predicted octanol–water partition coefficient (Wildman–Crippen LogP) is 5.87. The van der Waals surface area contributed by atoms with Gasteiger partial charge in [0.25, 0.3) is 0 Å². The van der Waals surface area contributed by atoms with Crippen molar-refractivity contribution in [2.45, 2.75) is 77.7 Å². The molecule has 5 nitrogen and oxygen atoms in total. The molecule has 0 aliphatic heterocycles. The van der Waals surface area contributed by atoms with Gasteiger partial charge < -0.3 is 4.74 Å². The number of hydrazone groups is 1. The molecule has 0 aliphatic rings. The zero-order chi connectivity index (χ0) is 22.7. The number of nitrogens with zero attached hydrogens (tertiary/aromatic N) is 1. The Morgan fingerprint density at radius 3 is 2.33 bits per heavy atom. The summed E-state index contributed by atoms with van der Waals surface area (Å²) < 4.78 is 5.55. The van der Waals surface area contributed by atoms with Crippen LogP contribution in [0.5, 0.6) is 5.75 Å². The maximum absolute atomic E-state index is 12.2. The van der Waals surface area contributed by atoms with Crippen molar-refractivity contribution >= 4 is 39.0 Å². The van der Waals surface area contributed by atoms with Gasteiger partial charge in [-0.25, -0.2) is 5.43 Å². The molecule has 0 unspecified atom stereocenters. The fourth-order valence-electron chi connectivity index (χ4n) is 2.41. The molecule has 0 saturated carbocycles. The van der Waals surface area contributed by atoms with Gasteiger partial charge in [-0.3, -0.25) is 9.59 Å². The Morgan fingerprint density at radius 2 is 1.77 bits per heavy atom. The first-order chi connectivity index (χ1) is 14.0. The second kappa shape index (κ2) is 13.1. The van der Waals surface area contributed by atoms with E-state index in [2.05, 4.69) is 38.2 Å². The number of benzene rings is 1. The summed E-state index contributed by atoms with van der Waals surface area (Å²) in [5.41, 5.74) is 4.32. The summed E-state index contributed by atoms with van der Waals surface area (Å²) in [5, 5.41) is 4.76. The highest BCUT2D eigenvalue weighted by Crippen LogP contribution is 2.40. The van der Waals surface area contributed by atoms with Gasteiger partial charge >= 0.3 is 0 Å². The zero-order valence-corrected chi connectivity index (χ0v) is 20.9. The van der Waals surface area contributed by atoms with Crippen LogP contribution in [0.25, 0.3) is 0 Å². The SMILES string of the molecule is C/C(=N\NC(=O)CC(C)(C)SSC(C)C)c1ccc(OCCCC(=O)C(C)C)cc1. The maximum Gasteiger partial charge on any atom is 0.241 e. The molecule has 0 saturated heterocycles. The number of hydrogen-bond acceptors (Lipinski definition) is 6. The fourth-order valence-corrected chi connectivity index (χ4v) is 4.59. The summed E-state index contributed by atoms with van der Waals surface area (Å²) in [5.74, 6) is 1.01. The third-order valence-corrected chi connectivity index (χ3v) is 8.03. The molecule has 0 aliphatic carbocycles. The van der Waals surface area contributed by atoms with E-state index in [1.165, 1.54) is 0 Å². The average molecular weight is 453 g/mol. The number of carbonyl (C=O) groups excluding carboxylic acids is 2.